The minimum absolute atomic E-state index is 0.284. The van der Waals surface area contributed by atoms with Gasteiger partial charge >= 0.3 is 11.9 Å². The van der Waals surface area contributed by atoms with Gasteiger partial charge in [-0.3, -0.25) is 9.59 Å². The highest BCUT2D eigenvalue weighted by atomic mass is 16.5. The summed E-state index contributed by atoms with van der Waals surface area (Å²) in [5, 5.41) is 0. The lowest BCUT2D eigenvalue weighted by molar-refractivity contribution is -0.197. The number of carbonyl (C=O) groups is 2. The average Bonchev–Trinajstić information content (AvgIpc) is 2.29. The molecule has 1 saturated carbocycles. The van der Waals surface area contributed by atoms with Crippen molar-refractivity contribution >= 4 is 11.9 Å². The molecule has 0 heterocycles. The Morgan fingerprint density at radius 1 is 0.938 bits per heavy atom. The van der Waals surface area contributed by atoms with Crippen LogP contribution in [0.5, 0.6) is 0 Å². The molecule has 1 fully saturated rings. The van der Waals surface area contributed by atoms with Gasteiger partial charge < -0.3 is 9.47 Å². The summed E-state index contributed by atoms with van der Waals surface area (Å²) in [6.45, 7) is 0. The van der Waals surface area contributed by atoms with E-state index in [0.29, 0.717) is 25.7 Å². The maximum atomic E-state index is 11.9. The van der Waals surface area contributed by atoms with Crippen molar-refractivity contribution in [1.29, 1.82) is 0 Å². The molecule has 0 saturated heterocycles. The molecule has 0 aromatic carbocycles. The summed E-state index contributed by atoms with van der Waals surface area (Å²) in [6, 6.07) is 0. The van der Waals surface area contributed by atoms with Gasteiger partial charge in [-0.25, -0.2) is 0 Å². The van der Waals surface area contributed by atoms with Crippen LogP contribution in [-0.2, 0) is 19.1 Å². The fourth-order valence-corrected chi connectivity index (χ4v) is 3.04. The van der Waals surface area contributed by atoms with E-state index in [4.69, 9.17) is 9.47 Å². The van der Waals surface area contributed by atoms with Crippen LogP contribution in [0.2, 0.25) is 0 Å². The SMILES string of the molecule is COC(=O)[C@@]12CC=CC[C@@]1(C(=O)OC)CC2. The lowest BCUT2D eigenvalue weighted by Crippen LogP contribution is -2.61. The van der Waals surface area contributed by atoms with Gasteiger partial charge in [-0.15, -0.1) is 0 Å². The highest BCUT2D eigenvalue weighted by molar-refractivity contribution is 5.91. The Balaban J connectivity index is 2.40. The molecule has 16 heavy (non-hydrogen) atoms. The van der Waals surface area contributed by atoms with Crippen molar-refractivity contribution in [1.82, 2.24) is 0 Å². The number of rotatable bonds is 2. The molecular formula is C12H16O4. The lowest BCUT2D eigenvalue weighted by Gasteiger charge is -2.56. The number of hydrogen-bond donors (Lipinski definition) is 0. The van der Waals surface area contributed by atoms with Crippen molar-refractivity contribution < 1.29 is 19.1 Å². The summed E-state index contributed by atoms with van der Waals surface area (Å²) in [5.41, 5.74) is -1.35. The number of carbonyl (C=O) groups excluding carboxylic acids is 2. The number of allylic oxidation sites excluding steroid dienone is 2. The minimum Gasteiger partial charge on any atom is -0.469 e. The van der Waals surface area contributed by atoms with E-state index >= 15 is 0 Å². The minimum atomic E-state index is -0.677. The lowest BCUT2D eigenvalue weighted by atomic mass is 9.45. The normalized spacial score (nSPS) is 35.9. The molecule has 2 rings (SSSR count). The monoisotopic (exact) mass is 224 g/mol. The fourth-order valence-electron chi connectivity index (χ4n) is 3.04. The Morgan fingerprint density at radius 3 is 1.56 bits per heavy atom. The molecule has 0 bridgehead atoms. The largest absolute Gasteiger partial charge is 0.469 e. The molecule has 0 aromatic heterocycles. The Labute approximate surface area is 94.6 Å². The van der Waals surface area contributed by atoms with Crippen LogP contribution >= 0.6 is 0 Å². The van der Waals surface area contributed by atoms with Crippen LogP contribution in [0.1, 0.15) is 25.7 Å². The zero-order valence-electron chi connectivity index (χ0n) is 9.62. The maximum Gasteiger partial charge on any atom is 0.313 e. The van der Waals surface area contributed by atoms with E-state index in [1.165, 1.54) is 14.2 Å². The first-order chi connectivity index (χ1) is 7.63. The Kier molecular flexibility index (Phi) is 2.52. The van der Waals surface area contributed by atoms with Crippen molar-refractivity contribution in [3.8, 4) is 0 Å². The molecule has 0 N–H and O–H groups in total. The van der Waals surface area contributed by atoms with E-state index < -0.39 is 10.8 Å². The molecule has 0 amide bonds. The second-order valence-corrected chi connectivity index (χ2v) is 4.53. The number of esters is 2. The molecule has 0 aliphatic heterocycles. The highest BCUT2D eigenvalue weighted by Crippen LogP contribution is 2.64. The van der Waals surface area contributed by atoms with Crippen LogP contribution in [-0.4, -0.2) is 26.2 Å². The van der Waals surface area contributed by atoms with Crippen LogP contribution in [0.3, 0.4) is 0 Å². The zero-order chi connectivity index (χ0) is 11.8. The van der Waals surface area contributed by atoms with Crippen LogP contribution in [0.25, 0.3) is 0 Å². The smallest absolute Gasteiger partial charge is 0.313 e. The van der Waals surface area contributed by atoms with Crippen molar-refractivity contribution in [3.05, 3.63) is 12.2 Å². The van der Waals surface area contributed by atoms with Gasteiger partial charge in [-0.05, 0) is 25.7 Å². The molecule has 2 aliphatic carbocycles. The predicted molar refractivity (Wildman–Crippen MR) is 56.5 cm³/mol. The van der Waals surface area contributed by atoms with Crippen molar-refractivity contribution in [3.63, 3.8) is 0 Å². The Hall–Kier alpha value is -1.32. The summed E-state index contributed by atoms with van der Waals surface area (Å²) < 4.78 is 9.71. The van der Waals surface area contributed by atoms with Gasteiger partial charge in [0.25, 0.3) is 0 Å². The number of methoxy groups -OCH3 is 2. The van der Waals surface area contributed by atoms with Crippen LogP contribution in [0, 0.1) is 10.8 Å². The van der Waals surface area contributed by atoms with E-state index in [-0.39, 0.29) is 11.9 Å². The van der Waals surface area contributed by atoms with Gasteiger partial charge in [0.2, 0.25) is 0 Å². The molecule has 2 aliphatic rings. The predicted octanol–water partition coefficient (Wildman–Crippen LogP) is 1.45. The highest BCUT2D eigenvalue weighted by Gasteiger charge is 2.68. The molecule has 0 unspecified atom stereocenters. The molecule has 88 valence electrons. The fraction of sp³-hybridized carbons (Fsp3) is 0.667. The van der Waals surface area contributed by atoms with Gasteiger partial charge in [0.15, 0.2) is 0 Å². The first-order valence-electron chi connectivity index (χ1n) is 5.45. The van der Waals surface area contributed by atoms with Crippen molar-refractivity contribution in [2.45, 2.75) is 25.7 Å². The van der Waals surface area contributed by atoms with E-state index in [1.54, 1.807) is 0 Å². The summed E-state index contributed by atoms with van der Waals surface area (Å²) >= 11 is 0. The summed E-state index contributed by atoms with van der Waals surface area (Å²) in [6.07, 6.45) is 6.48. The van der Waals surface area contributed by atoms with Gasteiger partial charge in [-0.1, -0.05) is 12.2 Å². The average molecular weight is 224 g/mol. The third-order valence-electron chi connectivity index (χ3n) is 4.15. The third-order valence-corrected chi connectivity index (χ3v) is 4.15. The second-order valence-electron chi connectivity index (χ2n) is 4.53. The van der Waals surface area contributed by atoms with Crippen LogP contribution in [0.4, 0.5) is 0 Å². The van der Waals surface area contributed by atoms with Crippen molar-refractivity contribution in [2.75, 3.05) is 14.2 Å². The molecule has 4 nitrogen and oxygen atoms in total. The Bertz CT molecular complexity index is 326. The van der Waals surface area contributed by atoms with Gasteiger partial charge in [0.05, 0.1) is 25.0 Å². The van der Waals surface area contributed by atoms with E-state index in [1.807, 2.05) is 12.2 Å². The number of ether oxygens (including phenoxy) is 2. The third kappa shape index (κ3) is 1.10. The molecule has 0 radical (unpaired) electrons. The molecule has 2 atom stereocenters. The maximum absolute atomic E-state index is 11.9. The molecule has 0 aromatic rings. The van der Waals surface area contributed by atoms with E-state index in [9.17, 15) is 9.59 Å². The quantitative estimate of drug-likeness (QED) is 0.526. The standard InChI is InChI=1S/C12H16O4/c1-15-9(13)11-5-3-4-6-12(11,8-7-11)10(14)16-2/h3-4H,5-8H2,1-2H3/t11-,12-/m0/s1. The zero-order valence-corrected chi connectivity index (χ0v) is 9.62. The Morgan fingerprint density at radius 2 is 1.31 bits per heavy atom. The summed E-state index contributed by atoms with van der Waals surface area (Å²) in [4.78, 5) is 23.8. The van der Waals surface area contributed by atoms with Crippen LogP contribution < -0.4 is 0 Å². The topological polar surface area (TPSA) is 52.6 Å². The first-order valence-corrected chi connectivity index (χ1v) is 5.45. The molecule has 4 heteroatoms. The van der Waals surface area contributed by atoms with Crippen molar-refractivity contribution in [2.24, 2.45) is 10.8 Å². The van der Waals surface area contributed by atoms with Crippen LogP contribution in [0.15, 0.2) is 12.2 Å². The molecular weight excluding hydrogens is 208 g/mol. The first kappa shape index (κ1) is 11.2. The summed E-state index contributed by atoms with van der Waals surface area (Å²) in [5.74, 6) is -0.568. The van der Waals surface area contributed by atoms with Gasteiger partial charge in [0.1, 0.15) is 0 Å². The van der Waals surface area contributed by atoms with Gasteiger partial charge in [-0.2, -0.15) is 0 Å². The van der Waals surface area contributed by atoms with Gasteiger partial charge in [0, 0.05) is 0 Å². The second kappa shape index (κ2) is 3.61. The molecule has 0 spiro atoms. The summed E-state index contributed by atoms with van der Waals surface area (Å²) in [7, 11) is 2.74. The number of hydrogen-bond acceptors (Lipinski definition) is 4. The van der Waals surface area contributed by atoms with E-state index in [2.05, 4.69) is 0 Å². The van der Waals surface area contributed by atoms with E-state index in [0.717, 1.165) is 0 Å². The number of fused-ring (bicyclic) bond motifs is 1.